The smallest absolute Gasteiger partial charge is 0.247 e. The van der Waals surface area contributed by atoms with E-state index in [4.69, 9.17) is 9.15 Å². The summed E-state index contributed by atoms with van der Waals surface area (Å²) in [5, 5.41) is 0. The number of nitrogens with zero attached hydrogens (tertiary/aromatic N) is 2. The van der Waals surface area contributed by atoms with Crippen LogP contribution in [0.4, 0.5) is 0 Å². The highest BCUT2D eigenvalue weighted by Gasteiger charge is 2.11. The molecular formula is C14H12N2O2. The molecular weight excluding hydrogens is 228 g/mol. The Morgan fingerprint density at radius 3 is 2.89 bits per heavy atom. The van der Waals surface area contributed by atoms with Crippen LogP contribution in [-0.2, 0) is 0 Å². The predicted octanol–water partition coefficient (Wildman–Crippen LogP) is 3.21. The lowest BCUT2D eigenvalue weighted by molar-refractivity contribution is 0.415. The van der Waals surface area contributed by atoms with Gasteiger partial charge in [0, 0.05) is 11.8 Å². The number of hydrogen-bond donors (Lipinski definition) is 0. The summed E-state index contributed by atoms with van der Waals surface area (Å²) in [6, 6.07) is 9.53. The van der Waals surface area contributed by atoms with Crippen molar-refractivity contribution >= 4 is 11.2 Å². The highest BCUT2D eigenvalue weighted by atomic mass is 16.5. The van der Waals surface area contributed by atoms with Crippen molar-refractivity contribution in [1.29, 1.82) is 0 Å². The van der Waals surface area contributed by atoms with E-state index in [1.165, 1.54) is 0 Å². The average molecular weight is 240 g/mol. The molecule has 18 heavy (non-hydrogen) atoms. The molecule has 1 aromatic carbocycles. The van der Waals surface area contributed by atoms with E-state index >= 15 is 0 Å². The van der Waals surface area contributed by atoms with Crippen molar-refractivity contribution in [3.8, 4) is 17.2 Å². The summed E-state index contributed by atoms with van der Waals surface area (Å²) in [5.41, 5.74) is 3.30. The third-order valence-corrected chi connectivity index (χ3v) is 2.82. The molecule has 2 heterocycles. The molecule has 0 bridgehead atoms. The SMILES string of the molecule is COc1cccc(-c2nc3c(C)ccnc3o2)c1. The standard InChI is InChI=1S/C14H12N2O2/c1-9-6-7-15-14-12(9)16-13(18-14)10-4-3-5-11(8-10)17-2/h3-8H,1-2H3. The maximum atomic E-state index is 5.66. The van der Waals surface area contributed by atoms with Gasteiger partial charge in [-0.15, -0.1) is 0 Å². The van der Waals surface area contributed by atoms with Crippen LogP contribution in [0, 0.1) is 6.92 Å². The molecule has 4 heteroatoms. The van der Waals surface area contributed by atoms with E-state index < -0.39 is 0 Å². The number of aromatic nitrogens is 2. The molecule has 3 aromatic rings. The van der Waals surface area contributed by atoms with E-state index in [0.29, 0.717) is 11.6 Å². The van der Waals surface area contributed by atoms with Crippen LogP contribution in [0.25, 0.3) is 22.7 Å². The Balaban J connectivity index is 2.16. The third-order valence-electron chi connectivity index (χ3n) is 2.82. The van der Waals surface area contributed by atoms with Crippen LogP contribution in [0.3, 0.4) is 0 Å². The molecule has 0 spiro atoms. The van der Waals surface area contributed by atoms with Crippen LogP contribution in [0.2, 0.25) is 0 Å². The lowest BCUT2D eigenvalue weighted by Crippen LogP contribution is -1.83. The number of hydrogen-bond acceptors (Lipinski definition) is 4. The molecule has 0 N–H and O–H groups in total. The summed E-state index contributed by atoms with van der Waals surface area (Å²) >= 11 is 0. The van der Waals surface area contributed by atoms with Gasteiger partial charge in [0.1, 0.15) is 11.3 Å². The fourth-order valence-corrected chi connectivity index (χ4v) is 1.83. The number of fused-ring (bicyclic) bond motifs is 1. The Morgan fingerprint density at radius 1 is 1.22 bits per heavy atom. The maximum absolute atomic E-state index is 5.66. The van der Waals surface area contributed by atoms with Crippen LogP contribution in [0.15, 0.2) is 40.9 Å². The molecule has 3 rings (SSSR count). The van der Waals surface area contributed by atoms with Gasteiger partial charge in [0.2, 0.25) is 11.6 Å². The van der Waals surface area contributed by atoms with Crippen molar-refractivity contribution in [2.45, 2.75) is 6.92 Å². The van der Waals surface area contributed by atoms with Crippen LogP contribution in [0.1, 0.15) is 5.56 Å². The van der Waals surface area contributed by atoms with Crippen LogP contribution < -0.4 is 4.74 Å². The fraction of sp³-hybridized carbons (Fsp3) is 0.143. The quantitative estimate of drug-likeness (QED) is 0.690. The first-order valence-electron chi connectivity index (χ1n) is 5.64. The second kappa shape index (κ2) is 4.14. The van der Waals surface area contributed by atoms with Gasteiger partial charge in [-0.05, 0) is 36.8 Å². The summed E-state index contributed by atoms with van der Waals surface area (Å²) in [5.74, 6) is 1.34. The average Bonchev–Trinajstić information content (AvgIpc) is 2.84. The van der Waals surface area contributed by atoms with Gasteiger partial charge < -0.3 is 9.15 Å². The summed E-state index contributed by atoms with van der Waals surface area (Å²) in [6.45, 7) is 1.99. The first kappa shape index (κ1) is 10.8. The number of methoxy groups -OCH3 is 1. The summed E-state index contributed by atoms with van der Waals surface area (Å²) in [6.07, 6.45) is 1.72. The van der Waals surface area contributed by atoms with Gasteiger partial charge in [-0.1, -0.05) is 6.07 Å². The van der Waals surface area contributed by atoms with Crippen molar-refractivity contribution in [1.82, 2.24) is 9.97 Å². The number of oxazole rings is 1. The summed E-state index contributed by atoms with van der Waals surface area (Å²) in [7, 11) is 1.64. The fourth-order valence-electron chi connectivity index (χ4n) is 1.83. The van der Waals surface area contributed by atoms with E-state index in [1.54, 1.807) is 13.3 Å². The minimum atomic E-state index is 0.561. The Morgan fingerprint density at radius 2 is 2.11 bits per heavy atom. The Bertz CT molecular complexity index is 704. The zero-order valence-corrected chi connectivity index (χ0v) is 10.2. The number of pyridine rings is 1. The Kier molecular flexibility index (Phi) is 2.48. The highest BCUT2D eigenvalue weighted by Crippen LogP contribution is 2.26. The van der Waals surface area contributed by atoms with Crippen LogP contribution in [-0.4, -0.2) is 17.1 Å². The molecule has 90 valence electrons. The van der Waals surface area contributed by atoms with E-state index in [1.807, 2.05) is 37.3 Å². The molecule has 2 aromatic heterocycles. The van der Waals surface area contributed by atoms with Gasteiger partial charge in [0.05, 0.1) is 7.11 Å². The van der Waals surface area contributed by atoms with E-state index in [-0.39, 0.29) is 0 Å². The Hall–Kier alpha value is -2.36. The number of ether oxygens (including phenoxy) is 1. The van der Waals surface area contributed by atoms with Crippen LogP contribution in [0.5, 0.6) is 5.75 Å². The van der Waals surface area contributed by atoms with Crippen molar-refractivity contribution in [2.24, 2.45) is 0 Å². The van der Waals surface area contributed by atoms with E-state index in [2.05, 4.69) is 9.97 Å². The third kappa shape index (κ3) is 1.72. The molecule has 0 aliphatic carbocycles. The van der Waals surface area contributed by atoms with Gasteiger partial charge in [-0.25, -0.2) is 9.97 Å². The minimum Gasteiger partial charge on any atom is -0.497 e. The van der Waals surface area contributed by atoms with E-state index in [0.717, 1.165) is 22.4 Å². The number of aryl methyl sites for hydroxylation is 1. The second-order valence-electron chi connectivity index (χ2n) is 4.03. The summed E-state index contributed by atoms with van der Waals surface area (Å²) in [4.78, 5) is 8.64. The van der Waals surface area contributed by atoms with Crippen molar-refractivity contribution in [2.75, 3.05) is 7.11 Å². The highest BCUT2D eigenvalue weighted by molar-refractivity contribution is 5.75. The molecule has 4 nitrogen and oxygen atoms in total. The predicted molar refractivity (Wildman–Crippen MR) is 68.5 cm³/mol. The molecule has 0 radical (unpaired) electrons. The number of benzene rings is 1. The van der Waals surface area contributed by atoms with Crippen molar-refractivity contribution < 1.29 is 9.15 Å². The normalized spacial score (nSPS) is 10.8. The minimum absolute atomic E-state index is 0.561. The largest absolute Gasteiger partial charge is 0.497 e. The first-order valence-corrected chi connectivity index (χ1v) is 5.64. The number of rotatable bonds is 2. The van der Waals surface area contributed by atoms with Gasteiger partial charge in [0.25, 0.3) is 0 Å². The zero-order chi connectivity index (χ0) is 12.5. The zero-order valence-electron chi connectivity index (χ0n) is 10.2. The topological polar surface area (TPSA) is 48.2 Å². The molecule has 0 atom stereocenters. The molecule has 0 aliphatic rings. The molecule has 0 aliphatic heterocycles. The van der Waals surface area contributed by atoms with Crippen molar-refractivity contribution in [3.63, 3.8) is 0 Å². The van der Waals surface area contributed by atoms with E-state index in [9.17, 15) is 0 Å². The lowest BCUT2D eigenvalue weighted by Gasteiger charge is -2.00. The first-order chi connectivity index (χ1) is 8.78. The molecule has 0 amide bonds. The molecule has 0 saturated carbocycles. The van der Waals surface area contributed by atoms with Gasteiger partial charge in [-0.2, -0.15) is 0 Å². The van der Waals surface area contributed by atoms with Gasteiger partial charge in [0.15, 0.2) is 0 Å². The summed E-state index contributed by atoms with van der Waals surface area (Å²) < 4.78 is 10.8. The van der Waals surface area contributed by atoms with Gasteiger partial charge >= 0.3 is 0 Å². The van der Waals surface area contributed by atoms with Crippen molar-refractivity contribution in [3.05, 3.63) is 42.1 Å². The maximum Gasteiger partial charge on any atom is 0.247 e. The lowest BCUT2D eigenvalue weighted by atomic mass is 10.2. The molecule has 0 fully saturated rings. The van der Waals surface area contributed by atoms with Crippen LogP contribution >= 0.6 is 0 Å². The monoisotopic (exact) mass is 240 g/mol. The second-order valence-corrected chi connectivity index (χ2v) is 4.03. The molecule has 0 saturated heterocycles. The molecule has 0 unspecified atom stereocenters. The van der Waals surface area contributed by atoms with Gasteiger partial charge in [-0.3, -0.25) is 0 Å². The Labute approximate surface area is 104 Å².